The first kappa shape index (κ1) is 21.2. The lowest BCUT2D eigenvalue weighted by Crippen LogP contribution is -2.22. The number of hydrogen-bond acceptors (Lipinski definition) is 6. The highest BCUT2D eigenvalue weighted by molar-refractivity contribution is 7.14. The molecule has 0 unspecified atom stereocenters. The summed E-state index contributed by atoms with van der Waals surface area (Å²) in [5.41, 5.74) is 4.64. The van der Waals surface area contributed by atoms with Gasteiger partial charge in [0.2, 0.25) is 0 Å². The van der Waals surface area contributed by atoms with E-state index in [0.29, 0.717) is 39.7 Å². The van der Waals surface area contributed by atoms with E-state index in [9.17, 15) is 9.59 Å². The molecule has 7 nitrogen and oxygen atoms in total. The molecule has 172 valence electrons. The van der Waals surface area contributed by atoms with Crippen molar-refractivity contribution in [3.8, 4) is 22.7 Å². The third kappa shape index (κ3) is 3.87. The molecule has 1 N–H and O–H groups in total. The van der Waals surface area contributed by atoms with E-state index in [0.717, 1.165) is 23.4 Å². The predicted molar refractivity (Wildman–Crippen MR) is 137 cm³/mol. The molecule has 3 heterocycles. The van der Waals surface area contributed by atoms with Crippen molar-refractivity contribution in [1.29, 1.82) is 0 Å². The van der Waals surface area contributed by atoms with Gasteiger partial charge in [0.15, 0.2) is 5.13 Å². The second-order valence-electron chi connectivity index (χ2n) is 8.28. The monoisotopic (exact) mass is 480 g/mol. The van der Waals surface area contributed by atoms with E-state index in [-0.39, 0.29) is 11.5 Å². The highest BCUT2D eigenvalue weighted by Crippen LogP contribution is 2.32. The van der Waals surface area contributed by atoms with E-state index in [1.807, 2.05) is 35.7 Å². The Balaban J connectivity index is 1.22. The Labute approximate surface area is 204 Å². The Morgan fingerprint density at radius 1 is 1.06 bits per heavy atom. The summed E-state index contributed by atoms with van der Waals surface area (Å²) in [6, 6.07) is 20.2. The second kappa shape index (κ2) is 8.48. The number of carbonyl (C=O) groups is 1. The number of aryl methyl sites for hydroxylation is 1. The normalized spacial score (nSPS) is 12.4. The molecule has 1 aliphatic rings. The van der Waals surface area contributed by atoms with Crippen LogP contribution in [-0.4, -0.2) is 27.0 Å². The Morgan fingerprint density at radius 3 is 2.74 bits per heavy atom. The third-order valence-electron chi connectivity index (χ3n) is 6.04. The van der Waals surface area contributed by atoms with Crippen LogP contribution in [0, 0.1) is 6.92 Å². The molecule has 0 aliphatic carbocycles. The number of aromatic nitrogens is 3. The van der Waals surface area contributed by atoms with Gasteiger partial charge in [0.25, 0.3) is 11.5 Å². The molecule has 35 heavy (non-hydrogen) atoms. The van der Waals surface area contributed by atoms with Crippen LogP contribution in [0.4, 0.5) is 5.13 Å². The molecule has 3 aromatic carbocycles. The summed E-state index contributed by atoms with van der Waals surface area (Å²) in [6.07, 6.45) is 0.897. The van der Waals surface area contributed by atoms with Gasteiger partial charge in [-0.1, -0.05) is 12.1 Å². The van der Waals surface area contributed by atoms with Gasteiger partial charge in [-0.3, -0.25) is 19.5 Å². The fraction of sp³-hybridized carbons (Fsp3) is 0.111. The van der Waals surface area contributed by atoms with Crippen LogP contribution in [0.1, 0.15) is 21.7 Å². The lowest BCUT2D eigenvalue weighted by Gasteiger charge is -2.11. The van der Waals surface area contributed by atoms with E-state index in [2.05, 4.69) is 21.4 Å². The molecule has 2 aromatic heterocycles. The SMILES string of the molecule is Cc1nc2ccccc2c(=O)n1-c1ccc(C(=O)Nc2nc(-c3ccc4c(c3)CCO4)cs2)cc1. The van der Waals surface area contributed by atoms with Crippen LogP contribution in [0.5, 0.6) is 5.75 Å². The third-order valence-corrected chi connectivity index (χ3v) is 6.80. The fourth-order valence-electron chi connectivity index (χ4n) is 4.29. The lowest BCUT2D eigenvalue weighted by molar-refractivity contribution is 0.102. The van der Waals surface area contributed by atoms with Crippen molar-refractivity contribution >= 4 is 33.3 Å². The van der Waals surface area contributed by atoms with E-state index in [1.165, 1.54) is 16.9 Å². The minimum Gasteiger partial charge on any atom is -0.493 e. The van der Waals surface area contributed by atoms with Crippen molar-refractivity contribution in [2.75, 3.05) is 11.9 Å². The maximum Gasteiger partial charge on any atom is 0.265 e. The number of benzene rings is 3. The average molecular weight is 481 g/mol. The van der Waals surface area contributed by atoms with Gasteiger partial charge in [0.05, 0.1) is 28.9 Å². The van der Waals surface area contributed by atoms with E-state index in [4.69, 9.17) is 4.74 Å². The Bertz CT molecular complexity index is 1650. The van der Waals surface area contributed by atoms with Crippen LogP contribution in [-0.2, 0) is 6.42 Å². The van der Waals surface area contributed by atoms with Gasteiger partial charge in [0.1, 0.15) is 11.6 Å². The van der Waals surface area contributed by atoms with Crippen molar-refractivity contribution in [2.45, 2.75) is 13.3 Å². The van der Waals surface area contributed by atoms with Gasteiger partial charge in [-0.05, 0) is 67.1 Å². The van der Waals surface area contributed by atoms with Crippen LogP contribution >= 0.6 is 11.3 Å². The maximum atomic E-state index is 13.0. The number of fused-ring (bicyclic) bond motifs is 2. The summed E-state index contributed by atoms with van der Waals surface area (Å²) in [7, 11) is 0. The van der Waals surface area contributed by atoms with Crippen LogP contribution < -0.4 is 15.6 Å². The smallest absolute Gasteiger partial charge is 0.265 e. The zero-order valence-corrected chi connectivity index (χ0v) is 19.6. The average Bonchev–Trinajstić information content (AvgIpc) is 3.53. The van der Waals surface area contributed by atoms with Crippen LogP contribution in [0.2, 0.25) is 0 Å². The molecule has 0 radical (unpaired) electrons. The zero-order valence-electron chi connectivity index (χ0n) is 18.8. The van der Waals surface area contributed by atoms with E-state index < -0.39 is 0 Å². The summed E-state index contributed by atoms with van der Waals surface area (Å²) in [5, 5.41) is 5.87. The predicted octanol–water partition coefficient (Wildman–Crippen LogP) is 5.00. The number of nitrogens with zero attached hydrogens (tertiary/aromatic N) is 3. The molecular weight excluding hydrogens is 460 g/mol. The number of amides is 1. The van der Waals surface area contributed by atoms with Gasteiger partial charge in [-0.15, -0.1) is 11.3 Å². The number of para-hydroxylation sites is 1. The number of nitrogens with one attached hydrogen (secondary N) is 1. The molecule has 0 fully saturated rings. The minimum atomic E-state index is -0.263. The highest BCUT2D eigenvalue weighted by Gasteiger charge is 2.15. The quantitative estimate of drug-likeness (QED) is 0.391. The molecule has 6 rings (SSSR count). The molecule has 1 amide bonds. The Kier molecular flexibility index (Phi) is 5.15. The van der Waals surface area contributed by atoms with E-state index >= 15 is 0 Å². The molecule has 5 aromatic rings. The van der Waals surface area contributed by atoms with Crippen LogP contribution in [0.25, 0.3) is 27.8 Å². The highest BCUT2D eigenvalue weighted by atomic mass is 32.1. The van der Waals surface area contributed by atoms with Crippen LogP contribution in [0.3, 0.4) is 0 Å². The number of anilines is 1. The zero-order chi connectivity index (χ0) is 23.9. The molecule has 0 atom stereocenters. The first-order valence-corrected chi connectivity index (χ1v) is 12.1. The Morgan fingerprint density at radius 2 is 1.89 bits per heavy atom. The molecule has 0 saturated carbocycles. The van der Waals surface area contributed by atoms with Gasteiger partial charge in [0, 0.05) is 22.9 Å². The molecule has 0 bridgehead atoms. The summed E-state index contributed by atoms with van der Waals surface area (Å²) < 4.78 is 7.12. The Hall–Kier alpha value is -4.30. The van der Waals surface area contributed by atoms with Gasteiger partial charge < -0.3 is 4.74 Å². The maximum absolute atomic E-state index is 13.0. The van der Waals surface area contributed by atoms with Crippen molar-refractivity contribution in [3.63, 3.8) is 0 Å². The van der Waals surface area contributed by atoms with Gasteiger partial charge in [-0.2, -0.15) is 0 Å². The number of thiazole rings is 1. The minimum absolute atomic E-state index is 0.140. The molecular formula is C27H20N4O3S. The number of hydrogen-bond donors (Lipinski definition) is 1. The molecule has 0 spiro atoms. The molecule has 1 aliphatic heterocycles. The van der Waals surface area contributed by atoms with Gasteiger partial charge >= 0.3 is 0 Å². The number of rotatable bonds is 4. The number of carbonyl (C=O) groups excluding carboxylic acids is 1. The molecule has 8 heteroatoms. The topological polar surface area (TPSA) is 86.1 Å². The first-order chi connectivity index (χ1) is 17.1. The molecule has 0 saturated heterocycles. The summed E-state index contributed by atoms with van der Waals surface area (Å²) in [5.74, 6) is 1.25. The summed E-state index contributed by atoms with van der Waals surface area (Å²) in [4.78, 5) is 35.0. The largest absolute Gasteiger partial charge is 0.493 e. The van der Waals surface area contributed by atoms with E-state index in [1.54, 1.807) is 41.8 Å². The summed E-state index contributed by atoms with van der Waals surface area (Å²) >= 11 is 1.38. The lowest BCUT2D eigenvalue weighted by atomic mass is 10.1. The first-order valence-electron chi connectivity index (χ1n) is 11.2. The fourth-order valence-corrected chi connectivity index (χ4v) is 5.00. The van der Waals surface area contributed by atoms with Gasteiger partial charge in [-0.25, -0.2) is 9.97 Å². The van der Waals surface area contributed by atoms with Crippen LogP contribution in [0.15, 0.2) is 76.9 Å². The van der Waals surface area contributed by atoms with Crippen molar-refractivity contribution in [1.82, 2.24) is 14.5 Å². The van der Waals surface area contributed by atoms with Crippen molar-refractivity contribution < 1.29 is 9.53 Å². The standard InChI is InChI=1S/C27H20N4O3S/c1-16-28-22-5-3-2-4-21(22)26(33)31(16)20-9-6-17(7-10-20)25(32)30-27-29-23(15-35-27)18-8-11-24-19(14-18)12-13-34-24/h2-11,14-15H,12-13H2,1H3,(H,29,30,32). The number of ether oxygens (including phenoxy) is 1. The van der Waals surface area contributed by atoms with Crippen molar-refractivity contribution in [3.05, 3.63) is 99.4 Å². The summed E-state index contributed by atoms with van der Waals surface area (Å²) in [6.45, 7) is 2.50. The second-order valence-corrected chi connectivity index (χ2v) is 9.13. The van der Waals surface area contributed by atoms with Crippen molar-refractivity contribution in [2.24, 2.45) is 0 Å².